The van der Waals surface area contributed by atoms with Crippen LogP contribution in [0.15, 0.2) is 72.8 Å². The van der Waals surface area contributed by atoms with E-state index in [2.05, 4.69) is 41.5 Å². The minimum Gasteiger partial charge on any atom is -0.457 e. The molecule has 0 unspecified atom stereocenters. The smallest absolute Gasteiger partial charge is 0.237 e. The third kappa shape index (κ3) is 6.42. The van der Waals surface area contributed by atoms with Gasteiger partial charge in [-0.05, 0) is 74.2 Å². The van der Waals surface area contributed by atoms with Crippen molar-refractivity contribution in [2.45, 2.75) is 51.4 Å². The maximum atomic E-state index is 13.1. The molecule has 5 rings (SSSR count). The molecule has 2 N–H and O–H groups in total. The Bertz CT molecular complexity index is 1200. The van der Waals surface area contributed by atoms with Crippen LogP contribution in [-0.4, -0.2) is 48.8 Å². The van der Waals surface area contributed by atoms with Crippen LogP contribution in [0.4, 0.5) is 0 Å². The Balaban J connectivity index is 1.12. The second-order valence-corrected chi connectivity index (χ2v) is 9.91. The highest BCUT2D eigenvalue weighted by molar-refractivity contribution is 5.82. The standard InChI is InChI=1S/C30H35N3O4/c1-21(2)33-19-24(32-18-23-7-6-10-26(15-23)37-25-8-4-3-5-9-25)17-27(33)30(34)31-14-13-22-11-12-28-29(16-22)36-20-35-28/h3-12,15-16,21,24,27,32H,13-14,17-20H2,1-2H3,(H,31,34)/t24-,27-/m0/s1. The molecule has 3 aromatic carbocycles. The first kappa shape index (κ1) is 25.1. The van der Waals surface area contributed by atoms with Crippen molar-refractivity contribution in [1.29, 1.82) is 0 Å². The number of ether oxygens (including phenoxy) is 3. The Morgan fingerprint density at radius 2 is 1.78 bits per heavy atom. The van der Waals surface area contributed by atoms with Crippen molar-refractivity contribution in [2.24, 2.45) is 0 Å². The summed E-state index contributed by atoms with van der Waals surface area (Å²) >= 11 is 0. The van der Waals surface area contributed by atoms with E-state index in [0.717, 1.165) is 60.1 Å². The minimum absolute atomic E-state index is 0.0944. The van der Waals surface area contributed by atoms with Crippen molar-refractivity contribution in [2.75, 3.05) is 19.9 Å². The lowest BCUT2D eigenvalue weighted by atomic mass is 10.1. The fourth-order valence-corrected chi connectivity index (χ4v) is 4.99. The van der Waals surface area contributed by atoms with Gasteiger partial charge in [0.1, 0.15) is 11.5 Å². The number of hydrogen-bond acceptors (Lipinski definition) is 6. The maximum absolute atomic E-state index is 13.1. The second-order valence-electron chi connectivity index (χ2n) is 9.91. The van der Waals surface area contributed by atoms with E-state index in [4.69, 9.17) is 14.2 Å². The molecule has 2 atom stereocenters. The highest BCUT2D eigenvalue weighted by Gasteiger charge is 2.37. The first-order valence-corrected chi connectivity index (χ1v) is 13.0. The van der Waals surface area contributed by atoms with Gasteiger partial charge in [0.2, 0.25) is 12.7 Å². The summed E-state index contributed by atoms with van der Waals surface area (Å²) in [6.07, 6.45) is 1.54. The first-order valence-electron chi connectivity index (χ1n) is 13.0. The highest BCUT2D eigenvalue weighted by atomic mass is 16.7. The van der Waals surface area contributed by atoms with Gasteiger partial charge in [0.25, 0.3) is 0 Å². The molecule has 0 aromatic heterocycles. The molecule has 7 nitrogen and oxygen atoms in total. The number of carbonyl (C=O) groups is 1. The third-order valence-electron chi connectivity index (χ3n) is 6.93. The predicted octanol–water partition coefficient (Wildman–Crippen LogP) is 4.51. The first-order chi connectivity index (χ1) is 18.0. The molecule has 2 aliphatic heterocycles. The number of likely N-dealkylation sites (tertiary alicyclic amines) is 1. The van der Waals surface area contributed by atoms with Gasteiger partial charge >= 0.3 is 0 Å². The number of nitrogens with zero attached hydrogens (tertiary/aromatic N) is 1. The van der Waals surface area contributed by atoms with Crippen LogP contribution in [0.5, 0.6) is 23.0 Å². The monoisotopic (exact) mass is 501 g/mol. The van der Waals surface area contributed by atoms with Crippen molar-refractivity contribution in [1.82, 2.24) is 15.5 Å². The molecule has 0 saturated carbocycles. The number of benzene rings is 3. The van der Waals surface area contributed by atoms with Crippen LogP contribution in [-0.2, 0) is 17.8 Å². The van der Waals surface area contributed by atoms with E-state index in [0.29, 0.717) is 12.6 Å². The second kappa shape index (κ2) is 11.7. The van der Waals surface area contributed by atoms with E-state index in [1.165, 1.54) is 0 Å². The summed E-state index contributed by atoms with van der Waals surface area (Å²) in [6.45, 7) is 6.73. The Morgan fingerprint density at radius 1 is 0.973 bits per heavy atom. The van der Waals surface area contributed by atoms with Gasteiger partial charge in [-0.15, -0.1) is 0 Å². The molecule has 0 spiro atoms. The summed E-state index contributed by atoms with van der Waals surface area (Å²) in [5, 5.41) is 6.82. The number of fused-ring (bicyclic) bond motifs is 1. The summed E-state index contributed by atoms with van der Waals surface area (Å²) < 4.78 is 16.8. The van der Waals surface area contributed by atoms with Crippen LogP contribution in [0.1, 0.15) is 31.4 Å². The summed E-state index contributed by atoms with van der Waals surface area (Å²) in [5.41, 5.74) is 2.27. The zero-order valence-electron chi connectivity index (χ0n) is 21.5. The lowest BCUT2D eigenvalue weighted by molar-refractivity contribution is -0.126. The highest BCUT2D eigenvalue weighted by Crippen LogP contribution is 2.32. The van der Waals surface area contributed by atoms with Gasteiger partial charge in [-0.25, -0.2) is 0 Å². The molecule has 7 heteroatoms. The Kier molecular flexibility index (Phi) is 7.92. The molecule has 2 aliphatic rings. The van der Waals surface area contributed by atoms with Gasteiger partial charge in [-0.1, -0.05) is 36.4 Å². The van der Waals surface area contributed by atoms with Crippen molar-refractivity contribution in [3.05, 3.63) is 83.9 Å². The van der Waals surface area contributed by atoms with E-state index in [9.17, 15) is 4.79 Å². The van der Waals surface area contributed by atoms with Gasteiger partial charge in [-0.2, -0.15) is 0 Å². The van der Waals surface area contributed by atoms with Crippen LogP contribution < -0.4 is 24.8 Å². The van der Waals surface area contributed by atoms with Crippen LogP contribution in [0, 0.1) is 0 Å². The van der Waals surface area contributed by atoms with Crippen molar-refractivity contribution >= 4 is 5.91 Å². The Morgan fingerprint density at radius 3 is 2.62 bits per heavy atom. The minimum atomic E-state index is -0.137. The molecule has 194 valence electrons. The summed E-state index contributed by atoms with van der Waals surface area (Å²) in [4.78, 5) is 15.4. The van der Waals surface area contributed by atoms with Crippen LogP contribution in [0.25, 0.3) is 0 Å². The molecule has 1 amide bonds. The summed E-state index contributed by atoms with van der Waals surface area (Å²) in [7, 11) is 0. The predicted molar refractivity (Wildman–Crippen MR) is 143 cm³/mol. The Hall–Kier alpha value is -3.55. The van der Waals surface area contributed by atoms with Crippen molar-refractivity contribution < 1.29 is 19.0 Å². The molecule has 0 aliphatic carbocycles. The molecular weight excluding hydrogens is 466 g/mol. The molecular formula is C30H35N3O4. The van der Waals surface area contributed by atoms with Gasteiger partial charge < -0.3 is 24.8 Å². The molecule has 3 aromatic rings. The summed E-state index contributed by atoms with van der Waals surface area (Å²) in [6, 6.07) is 24.3. The average molecular weight is 502 g/mol. The van der Waals surface area contributed by atoms with Crippen LogP contribution in [0.2, 0.25) is 0 Å². The summed E-state index contributed by atoms with van der Waals surface area (Å²) in [5.74, 6) is 3.29. The van der Waals surface area contributed by atoms with Gasteiger partial charge in [0.05, 0.1) is 6.04 Å². The lowest BCUT2D eigenvalue weighted by Gasteiger charge is -2.27. The van der Waals surface area contributed by atoms with E-state index >= 15 is 0 Å². The van der Waals surface area contributed by atoms with E-state index in [-0.39, 0.29) is 24.8 Å². The topological polar surface area (TPSA) is 72.1 Å². The molecule has 2 heterocycles. The van der Waals surface area contributed by atoms with Crippen molar-refractivity contribution in [3.63, 3.8) is 0 Å². The molecule has 1 fully saturated rings. The third-order valence-corrected chi connectivity index (χ3v) is 6.93. The van der Waals surface area contributed by atoms with Crippen molar-refractivity contribution in [3.8, 4) is 23.0 Å². The van der Waals surface area contributed by atoms with E-state index in [1.807, 2.05) is 60.7 Å². The number of rotatable bonds is 10. The number of hydrogen-bond donors (Lipinski definition) is 2. The zero-order valence-corrected chi connectivity index (χ0v) is 21.5. The van der Waals surface area contributed by atoms with Gasteiger partial charge in [0.15, 0.2) is 11.5 Å². The number of nitrogens with one attached hydrogen (secondary N) is 2. The lowest BCUT2D eigenvalue weighted by Crippen LogP contribution is -2.46. The molecule has 0 radical (unpaired) electrons. The maximum Gasteiger partial charge on any atom is 0.237 e. The average Bonchev–Trinajstić information content (AvgIpc) is 3.55. The molecule has 37 heavy (non-hydrogen) atoms. The fourth-order valence-electron chi connectivity index (χ4n) is 4.99. The fraction of sp³-hybridized carbons (Fsp3) is 0.367. The van der Waals surface area contributed by atoms with Crippen LogP contribution in [0.3, 0.4) is 0 Å². The molecule has 0 bridgehead atoms. The van der Waals surface area contributed by atoms with Gasteiger partial charge in [-0.3, -0.25) is 9.69 Å². The SMILES string of the molecule is CC(C)N1C[C@@H](NCc2cccc(Oc3ccccc3)c2)C[C@H]1C(=O)NCCc1ccc2c(c1)OCO2. The van der Waals surface area contributed by atoms with Crippen LogP contribution >= 0.6 is 0 Å². The number of amides is 1. The molecule has 1 saturated heterocycles. The number of carbonyl (C=O) groups excluding carboxylic acids is 1. The van der Waals surface area contributed by atoms with E-state index < -0.39 is 0 Å². The van der Waals surface area contributed by atoms with E-state index in [1.54, 1.807) is 0 Å². The normalized spacial score (nSPS) is 18.8. The quantitative estimate of drug-likeness (QED) is 0.426. The Labute approximate surface area is 218 Å². The van der Waals surface area contributed by atoms with Gasteiger partial charge in [0, 0.05) is 31.7 Å². The number of para-hydroxylation sites is 1. The largest absolute Gasteiger partial charge is 0.457 e. The zero-order chi connectivity index (χ0) is 25.6.